The average molecular weight is 294 g/mol. The van der Waals surface area contributed by atoms with Gasteiger partial charge < -0.3 is 15.0 Å². The summed E-state index contributed by atoms with van der Waals surface area (Å²) in [7, 11) is 4.66. The Hall–Kier alpha value is -1.28. The van der Waals surface area contributed by atoms with E-state index in [0.29, 0.717) is 25.5 Å². The van der Waals surface area contributed by atoms with Gasteiger partial charge in [-0.05, 0) is 6.92 Å². The molecule has 0 atom stereocenters. The van der Waals surface area contributed by atoms with E-state index in [9.17, 15) is 13.2 Å². The number of anilines is 1. The van der Waals surface area contributed by atoms with Gasteiger partial charge in [-0.15, -0.1) is 0 Å². The van der Waals surface area contributed by atoms with E-state index in [1.54, 1.807) is 21.1 Å². The lowest BCUT2D eigenvalue weighted by Gasteiger charge is -2.22. The molecule has 0 aliphatic carbocycles. The summed E-state index contributed by atoms with van der Waals surface area (Å²) in [4.78, 5) is 1.17. The number of hydrogen-bond donors (Lipinski definition) is 1. The van der Waals surface area contributed by atoms with Crippen molar-refractivity contribution in [2.45, 2.75) is 19.6 Å². The molecule has 0 radical (unpaired) electrons. The largest absolute Gasteiger partial charge is 0.405 e. The number of alkyl halides is 3. The normalized spacial score (nSPS) is 11.9. The SMILES string of the molecule is COCCNCc1c(C)nn(C)c1N(C)CC(F)(F)F. The van der Waals surface area contributed by atoms with Gasteiger partial charge in [0.2, 0.25) is 0 Å². The Labute approximate surface area is 116 Å². The minimum absolute atomic E-state index is 0.459. The average Bonchev–Trinajstić information content (AvgIpc) is 2.57. The fourth-order valence-electron chi connectivity index (χ4n) is 2.11. The summed E-state index contributed by atoms with van der Waals surface area (Å²) >= 11 is 0. The number of methoxy groups -OCH3 is 1. The van der Waals surface area contributed by atoms with Crippen molar-refractivity contribution in [3.8, 4) is 0 Å². The Morgan fingerprint density at radius 3 is 2.60 bits per heavy atom. The predicted molar refractivity (Wildman–Crippen MR) is 70.9 cm³/mol. The van der Waals surface area contributed by atoms with Crippen molar-refractivity contribution >= 4 is 5.82 Å². The van der Waals surface area contributed by atoms with Gasteiger partial charge in [0.1, 0.15) is 12.4 Å². The summed E-state index contributed by atoms with van der Waals surface area (Å²) < 4.78 is 43.9. The molecule has 0 bridgehead atoms. The Morgan fingerprint density at radius 2 is 2.05 bits per heavy atom. The van der Waals surface area contributed by atoms with Crippen molar-refractivity contribution in [1.29, 1.82) is 0 Å². The summed E-state index contributed by atoms with van der Waals surface area (Å²) in [5.41, 5.74) is 1.50. The molecule has 0 aliphatic heterocycles. The smallest absolute Gasteiger partial charge is 0.383 e. The highest BCUT2D eigenvalue weighted by molar-refractivity contribution is 5.49. The number of hydrogen-bond acceptors (Lipinski definition) is 4. The maximum atomic E-state index is 12.5. The number of aryl methyl sites for hydroxylation is 2. The fourth-order valence-corrected chi connectivity index (χ4v) is 2.11. The van der Waals surface area contributed by atoms with Crippen LogP contribution in [0.25, 0.3) is 0 Å². The molecule has 116 valence electrons. The highest BCUT2D eigenvalue weighted by atomic mass is 19.4. The quantitative estimate of drug-likeness (QED) is 0.773. The van der Waals surface area contributed by atoms with Crippen LogP contribution in [0.1, 0.15) is 11.3 Å². The van der Waals surface area contributed by atoms with Crippen LogP contribution in [0.15, 0.2) is 0 Å². The molecule has 20 heavy (non-hydrogen) atoms. The summed E-state index contributed by atoms with van der Waals surface area (Å²) in [6, 6.07) is 0. The number of nitrogens with zero attached hydrogens (tertiary/aromatic N) is 3. The molecule has 1 aromatic heterocycles. The van der Waals surface area contributed by atoms with E-state index in [0.717, 1.165) is 11.3 Å². The van der Waals surface area contributed by atoms with Crippen LogP contribution >= 0.6 is 0 Å². The number of aromatic nitrogens is 2. The van der Waals surface area contributed by atoms with Gasteiger partial charge >= 0.3 is 6.18 Å². The molecule has 0 unspecified atom stereocenters. The maximum absolute atomic E-state index is 12.5. The van der Waals surface area contributed by atoms with E-state index in [1.807, 2.05) is 0 Å². The standard InChI is InChI=1S/C12H21F3N4O/c1-9-10(7-16-5-6-20-4)11(19(3)17-9)18(2)8-12(13,14)15/h16H,5-8H2,1-4H3. The Balaban J connectivity index is 2.83. The van der Waals surface area contributed by atoms with E-state index in [-0.39, 0.29) is 0 Å². The van der Waals surface area contributed by atoms with E-state index < -0.39 is 12.7 Å². The van der Waals surface area contributed by atoms with Crippen LogP contribution in [0.3, 0.4) is 0 Å². The highest BCUT2D eigenvalue weighted by Gasteiger charge is 2.31. The third-order valence-corrected chi connectivity index (χ3v) is 2.88. The third kappa shape index (κ3) is 4.68. The lowest BCUT2D eigenvalue weighted by molar-refractivity contribution is -0.119. The van der Waals surface area contributed by atoms with Crippen molar-refractivity contribution in [3.05, 3.63) is 11.3 Å². The van der Waals surface area contributed by atoms with Gasteiger partial charge in [-0.2, -0.15) is 18.3 Å². The molecular weight excluding hydrogens is 273 g/mol. The van der Waals surface area contributed by atoms with Gasteiger partial charge in [0.15, 0.2) is 0 Å². The number of ether oxygens (including phenoxy) is 1. The molecule has 5 nitrogen and oxygen atoms in total. The molecule has 1 aromatic rings. The van der Waals surface area contributed by atoms with Gasteiger partial charge in [-0.3, -0.25) is 4.68 Å². The van der Waals surface area contributed by atoms with Crippen molar-refractivity contribution < 1.29 is 17.9 Å². The number of halogens is 3. The monoisotopic (exact) mass is 294 g/mol. The third-order valence-electron chi connectivity index (χ3n) is 2.88. The van der Waals surface area contributed by atoms with Crippen LogP contribution < -0.4 is 10.2 Å². The first-order valence-electron chi connectivity index (χ1n) is 6.26. The Bertz CT molecular complexity index is 431. The summed E-state index contributed by atoms with van der Waals surface area (Å²) in [6.07, 6.45) is -4.24. The van der Waals surface area contributed by atoms with Gasteiger partial charge in [0, 0.05) is 39.9 Å². The van der Waals surface area contributed by atoms with E-state index >= 15 is 0 Å². The second-order valence-electron chi connectivity index (χ2n) is 4.65. The van der Waals surface area contributed by atoms with Crippen LogP contribution in [-0.4, -0.2) is 49.8 Å². The lowest BCUT2D eigenvalue weighted by Crippen LogP contribution is -2.33. The first-order chi connectivity index (χ1) is 9.26. The molecule has 1 N–H and O–H groups in total. The van der Waals surface area contributed by atoms with Gasteiger partial charge in [-0.1, -0.05) is 0 Å². The van der Waals surface area contributed by atoms with E-state index in [2.05, 4.69) is 10.4 Å². The molecular formula is C12H21F3N4O. The zero-order valence-electron chi connectivity index (χ0n) is 12.2. The molecule has 8 heteroatoms. The summed E-state index contributed by atoms with van der Waals surface area (Å²) in [5, 5.41) is 7.33. The molecule has 1 rings (SSSR count). The molecule has 0 saturated carbocycles. The lowest BCUT2D eigenvalue weighted by atomic mass is 10.2. The van der Waals surface area contributed by atoms with E-state index in [1.165, 1.54) is 16.6 Å². The van der Waals surface area contributed by atoms with Crippen molar-refractivity contribution in [2.75, 3.05) is 38.8 Å². The first-order valence-corrected chi connectivity index (χ1v) is 6.26. The summed E-state index contributed by atoms with van der Waals surface area (Å²) in [5.74, 6) is 0.477. The Kier molecular flexibility index (Phi) is 5.82. The molecule has 0 aromatic carbocycles. The number of rotatable bonds is 7. The predicted octanol–water partition coefficient (Wildman–Crippen LogP) is 1.46. The second-order valence-corrected chi connectivity index (χ2v) is 4.65. The van der Waals surface area contributed by atoms with Crippen LogP contribution in [0, 0.1) is 6.92 Å². The second kappa shape index (κ2) is 6.94. The Morgan fingerprint density at radius 1 is 1.40 bits per heavy atom. The minimum Gasteiger partial charge on any atom is -0.383 e. The topological polar surface area (TPSA) is 42.3 Å². The summed E-state index contributed by atoms with van der Waals surface area (Å²) in [6.45, 7) is 2.43. The molecule has 0 saturated heterocycles. The van der Waals surface area contributed by atoms with Crippen molar-refractivity contribution in [3.63, 3.8) is 0 Å². The van der Waals surface area contributed by atoms with Crippen LogP contribution in [-0.2, 0) is 18.3 Å². The van der Waals surface area contributed by atoms with Gasteiger partial charge in [0.25, 0.3) is 0 Å². The molecule has 1 heterocycles. The fraction of sp³-hybridized carbons (Fsp3) is 0.750. The first kappa shape index (κ1) is 16.8. The zero-order chi connectivity index (χ0) is 15.3. The zero-order valence-corrected chi connectivity index (χ0v) is 12.2. The maximum Gasteiger partial charge on any atom is 0.405 e. The van der Waals surface area contributed by atoms with Crippen LogP contribution in [0.5, 0.6) is 0 Å². The molecule has 0 spiro atoms. The highest BCUT2D eigenvalue weighted by Crippen LogP contribution is 2.25. The van der Waals surface area contributed by atoms with Crippen molar-refractivity contribution in [2.24, 2.45) is 7.05 Å². The molecule has 0 amide bonds. The number of nitrogens with one attached hydrogen (secondary N) is 1. The van der Waals surface area contributed by atoms with Crippen LogP contribution in [0.4, 0.5) is 19.0 Å². The van der Waals surface area contributed by atoms with E-state index in [4.69, 9.17) is 4.74 Å². The van der Waals surface area contributed by atoms with Gasteiger partial charge in [-0.25, -0.2) is 0 Å². The molecule has 0 aliphatic rings. The van der Waals surface area contributed by atoms with Crippen molar-refractivity contribution in [1.82, 2.24) is 15.1 Å². The van der Waals surface area contributed by atoms with Crippen LogP contribution in [0.2, 0.25) is 0 Å². The molecule has 0 fully saturated rings. The minimum atomic E-state index is -4.24. The van der Waals surface area contributed by atoms with Gasteiger partial charge in [0.05, 0.1) is 12.3 Å².